The number of nitrogens with zero attached hydrogens (tertiary/aromatic N) is 4. The molecule has 1 aromatic carbocycles. The lowest BCUT2D eigenvalue weighted by Gasteiger charge is -2.37. The van der Waals surface area contributed by atoms with Crippen LogP contribution in [0.25, 0.3) is 0 Å². The molecule has 8 nitrogen and oxygen atoms in total. The molecule has 4 rings (SSSR count). The molecular formula is C22H29N5O3S. The van der Waals surface area contributed by atoms with E-state index in [0.717, 1.165) is 37.3 Å². The molecule has 9 heteroatoms. The van der Waals surface area contributed by atoms with Gasteiger partial charge in [0.05, 0.1) is 4.90 Å². The highest BCUT2D eigenvalue weighted by Gasteiger charge is 2.31. The van der Waals surface area contributed by atoms with Gasteiger partial charge in [0.2, 0.25) is 10.0 Å². The second kappa shape index (κ2) is 9.23. The van der Waals surface area contributed by atoms with Crippen molar-refractivity contribution < 1.29 is 13.2 Å². The number of amides is 2. The number of anilines is 1. The highest BCUT2D eigenvalue weighted by atomic mass is 32.2. The minimum Gasteiger partial charge on any atom is -0.356 e. The average molecular weight is 444 g/mol. The molecule has 2 saturated heterocycles. The number of hydrogen-bond acceptors (Lipinski definition) is 5. The van der Waals surface area contributed by atoms with Crippen LogP contribution in [0.3, 0.4) is 0 Å². The molecule has 2 amide bonds. The first kappa shape index (κ1) is 21.6. The number of rotatable bonds is 4. The number of nitrogens with one attached hydrogen (secondary N) is 1. The van der Waals surface area contributed by atoms with E-state index in [1.165, 1.54) is 4.31 Å². The third-order valence-corrected chi connectivity index (χ3v) is 7.89. The second-order valence-electron chi connectivity index (χ2n) is 8.10. The Morgan fingerprint density at radius 1 is 0.968 bits per heavy atom. The molecule has 3 heterocycles. The summed E-state index contributed by atoms with van der Waals surface area (Å²) in [6.07, 6.45) is 3.52. The lowest BCUT2D eigenvalue weighted by atomic mass is 10.1. The molecule has 2 aliphatic heterocycles. The topological polar surface area (TPSA) is 85.8 Å². The Morgan fingerprint density at radius 2 is 1.65 bits per heavy atom. The van der Waals surface area contributed by atoms with E-state index >= 15 is 0 Å². The molecule has 2 aliphatic rings. The summed E-state index contributed by atoms with van der Waals surface area (Å²) >= 11 is 0. The van der Waals surface area contributed by atoms with Crippen LogP contribution in [0.2, 0.25) is 0 Å². The standard InChI is InChI=1S/C22H29N5O3S/c1-18-5-7-20(8-6-18)31(29,30)27-16-14-26(15-17-27)22(28)24-19-9-12-25(13-10-19)21-4-2-3-11-23-21/h2-8,11,19H,9-10,12-17H2,1H3,(H,24,28). The number of benzene rings is 1. The van der Waals surface area contributed by atoms with Gasteiger partial charge in [0.25, 0.3) is 0 Å². The van der Waals surface area contributed by atoms with Gasteiger partial charge in [-0.2, -0.15) is 4.31 Å². The number of piperazine rings is 1. The van der Waals surface area contributed by atoms with Gasteiger partial charge < -0.3 is 15.1 Å². The third kappa shape index (κ3) is 4.99. The van der Waals surface area contributed by atoms with E-state index in [-0.39, 0.29) is 12.1 Å². The minimum atomic E-state index is -3.52. The van der Waals surface area contributed by atoms with E-state index in [2.05, 4.69) is 15.2 Å². The average Bonchev–Trinajstić information content (AvgIpc) is 2.80. The fourth-order valence-corrected chi connectivity index (χ4v) is 5.47. The summed E-state index contributed by atoms with van der Waals surface area (Å²) in [6, 6.07) is 12.8. The first-order valence-corrected chi connectivity index (χ1v) is 12.2. The molecule has 2 aromatic rings. The van der Waals surface area contributed by atoms with Crippen molar-refractivity contribution in [2.24, 2.45) is 0 Å². The maximum atomic E-state index is 12.8. The molecule has 1 N–H and O–H groups in total. The fourth-order valence-electron chi connectivity index (χ4n) is 4.05. The summed E-state index contributed by atoms with van der Waals surface area (Å²) < 4.78 is 27.1. The number of hydrogen-bond donors (Lipinski definition) is 1. The van der Waals surface area contributed by atoms with Gasteiger partial charge in [0, 0.05) is 51.5 Å². The fraction of sp³-hybridized carbons (Fsp3) is 0.455. The molecule has 31 heavy (non-hydrogen) atoms. The number of urea groups is 1. The molecular weight excluding hydrogens is 414 g/mol. The van der Waals surface area contributed by atoms with Gasteiger partial charge in [-0.1, -0.05) is 23.8 Å². The number of aromatic nitrogens is 1. The zero-order valence-corrected chi connectivity index (χ0v) is 18.6. The largest absolute Gasteiger partial charge is 0.356 e. The van der Waals surface area contributed by atoms with Crippen LogP contribution in [0.1, 0.15) is 18.4 Å². The number of pyridine rings is 1. The SMILES string of the molecule is Cc1ccc(S(=O)(=O)N2CCN(C(=O)NC3CCN(c4ccccn4)CC3)CC2)cc1. The summed E-state index contributed by atoms with van der Waals surface area (Å²) in [4.78, 5) is 21.3. The second-order valence-corrected chi connectivity index (χ2v) is 10.0. The van der Waals surface area contributed by atoms with Gasteiger partial charge in [0.15, 0.2) is 0 Å². The molecule has 0 bridgehead atoms. The molecule has 0 unspecified atom stereocenters. The molecule has 1 aromatic heterocycles. The molecule has 166 valence electrons. The Morgan fingerprint density at radius 3 is 2.26 bits per heavy atom. The first-order valence-electron chi connectivity index (χ1n) is 10.7. The van der Waals surface area contributed by atoms with Crippen LogP contribution in [0, 0.1) is 6.92 Å². The Labute approximate surface area is 183 Å². The van der Waals surface area contributed by atoms with Crippen molar-refractivity contribution in [3.63, 3.8) is 0 Å². The van der Waals surface area contributed by atoms with Crippen LogP contribution < -0.4 is 10.2 Å². The molecule has 0 spiro atoms. The summed E-state index contributed by atoms with van der Waals surface area (Å²) in [5.41, 5.74) is 1.02. The first-order chi connectivity index (χ1) is 14.9. The third-order valence-electron chi connectivity index (χ3n) is 5.98. The molecule has 0 atom stereocenters. The quantitative estimate of drug-likeness (QED) is 0.782. The van der Waals surface area contributed by atoms with Crippen molar-refractivity contribution in [2.45, 2.75) is 30.7 Å². The van der Waals surface area contributed by atoms with Crippen LogP contribution in [0.5, 0.6) is 0 Å². The van der Waals surface area contributed by atoms with Crippen molar-refractivity contribution in [1.29, 1.82) is 0 Å². The van der Waals surface area contributed by atoms with Crippen molar-refractivity contribution >= 4 is 21.9 Å². The zero-order chi connectivity index (χ0) is 21.8. The lowest BCUT2D eigenvalue weighted by molar-refractivity contribution is 0.167. The highest BCUT2D eigenvalue weighted by molar-refractivity contribution is 7.89. The van der Waals surface area contributed by atoms with Gasteiger partial charge >= 0.3 is 6.03 Å². The molecule has 0 radical (unpaired) electrons. The maximum absolute atomic E-state index is 12.8. The van der Waals surface area contributed by atoms with Gasteiger partial charge in [0.1, 0.15) is 5.82 Å². The molecule has 0 saturated carbocycles. The van der Waals surface area contributed by atoms with E-state index in [0.29, 0.717) is 31.1 Å². The predicted octanol–water partition coefficient (Wildman–Crippen LogP) is 2.07. The van der Waals surface area contributed by atoms with E-state index in [4.69, 9.17) is 0 Å². The van der Waals surface area contributed by atoms with Gasteiger partial charge in [-0.3, -0.25) is 0 Å². The van der Waals surface area contributed by atoms with Crippen molar-refractivity contribution in [3.8, 4) is 0 Å². The summed E-state index contributed by atoms with van der Waals surface area (Å²) in [6.45, 7) is 5.03. The maximum Gasteiger partial charge on any atom is 0.317 e. The number of piperidine rings is 1. The van der Waals surface area contributed by atoms with Gasteiger partial charge in [-0.25, -0.2) is 18.2 Å². The highest BCUT2D eigenvalue weighted by Crippen LogP contribution is 2.20. The number of sulfonamides is 1. The Hall–Kier alpha value is -2.65. The van der Waals surface area contributed by atoms with Crippen molar-refractivity contribution in [3.05, 3.63) is 54.2 Å². The lowest BCUT2D eigenvalue weighted by Crippen LogP contribution is -2.55. The van der Waals surface area contributed by atoms with Gasteiger partial charge in [-0.05, 0) is 44.0 Å². The Bertz CT molecular complexity index is 982. The smallest absolute Gasteiger partial charge is 0.317 e. The van der Waals surface area contributed by atoms with E-state index in [9.17, 15) is 13.2 Å². The minimum absolute atomic E-state index is 0.108. The number of aryl methyl sites for hydroxylation is 1. The van der Waals surface area contributed by atoms with Crippen LogP contribution in [-0.4, -0.2) is 73.9 Å². The van der Waals surface area contributed by atoms with Crippen LogP contribution >= 0.6 is 0 Å². The summed E-state index contributed by atoms with van der Waals surface area (Å²) in [5, 5.41) is 3.12. The molecule has 0 aliphatic carbocycles. The predicted molar refractivity (Wildman–Crippen MR) is 120 cm³/mol. The van der Waals surface area contributed by atoms with Crippen molar-refractivity contribution in [2.75, 3.05) is 44.2 Å². The summed E-state index contributed by atoms with van der Waals surface area (Å²) in [5.74, 6) is 0.971. The van der Waals surface area contributed by atoms with Crippen LogP contribution in [0.4, 0.5) is 10.6 Å². The monoisotopic (exact) mass is 443 g/mol. The number of carbonyl (C=O) groups excluding carboxylic acids is 1. The summed E-state index contributed by atoms with van der Waals surface area (Å²) in [7, 11) is -3.52. The van der Waals surface area contributed by atoms with E-state index < -0.39 is 10.0 Å². The van der Waals surface area contributed by atoms with Gasteiger partial charge in [-0.15, -0.1) is 0 Å². The van der Waals surface area contributed by atoms with Crippen LogP contribution in [0.15, 0.2) is 53.6 Å². The Balaban J connectivity index is 1.26. The zero-order valence-electron chi connectivity index (χ0n) is 17.8. The van der Waals surface area contributed by atoms with Crippen LogP contribution in [-0.2, 0) is 10.0 Å². The normalized spacial score (nSPS) is 18.7. The molecule has 2 fully saturated rings. The Kier molecular flexibility index (Phi) is 6.43. The van der Waals surface area contributed by atoms with Crippen molar-refractivity contribution in [1.82, 2.24) is 19.5 Å². The van der Waals surface area contributed by atoms with E-state index in [1.807, 2.05) is 25.1 Å². The van der Waals surface area contributed by atoms with E-state index in [1.54, 1.807) is 35.4 Å². The number of carbonyl (C=O) groups is 1.